The molecular formula is C15H15ClN2O. The molecule has 2 rings (SSSR count). The molecule has 0 fully saturated rings. The number of amides is 1. The van der Waals surface area contributed by atoms with Gasteiger partial charge in [0.2, 0.25) is 5.91 Å². The monoisotopic (exact) mass is 274 g/mol. The van der Waals surface area contributed by atoms with Crippen LogP contribution in [-0.2, 0) is 11.3 Å². The zero-order chi connectivity index (χ0) is 13.7. The average Bonchev–Trinajstić information content (AvgIpc) is 2.39. The van der Waals surface area contributed by atoms with Gasteiger partial charge in [0.15, 0.2) is 0 Å². The van der Waals surface area contributed by atoms with Gasteiger partial charge >= 0.3 is 0 Å². The molecule has 0 unspecified atom stereocenters. The van der Waals surface area contributed by atoms with E-state index in [-0.39, 0.29) is 5.91 Å². The van der Waals surface area contributed by atoms with Crippen molar-refractivity contribution in [2.45, 2.75) is 13.5 Å². The van der Waals surface area contributed by atoms with Gasteiger partial charge in [-0.05, 0) is 42.0 Å². The second kappa shape index (κ2) is 6.25. The molecule has 0 aliphatic carbocycles. The third-order valence-corrected chi connectivity index (χ3v) is 2.87. The van der Waals surface area contributed by atoms with E-state index in [9.17, 15) is 4.79 Å². The molecule has 3 nitrogen and oxygen atoms in total. The van der Waals surface area contributed by atoms with E-state index < -0.39 is 0 Å². The molecule has 0 aliphatic heterocycles. The molecule has 2 aromatic carbocycles. The highest BCUT2D eigenvalue weighted by molar-refractivity contribution is 6.30. The fraction of sp³-hybridized carbons (Fsp3) is 0.133. The van der Waals surface area contributed by atoms with Crippen LogP contribution in [0.2, 0.25) is 5.02 Å². The second-order valence-corrected chi connectivity index (χ2v) is 4.67. The molecule has 0 radical (unpaired) electrons. The summed E-state index contributed by atoms with van der Waals surface area (Å²) in [5.74, 6) is -0.0629. The molecule has 98 valence electrons. The van der Waals surface area contributed by atoms with Crippen LogP contribution in [0.1, 0.15) is 12.5 Å². The van der Waals surface area contributed by atoms with Crippen molar-refractivity contribution < 1.29 is 4.79 Å². The van der Waals surface area contributed by atoms with E-state index in [4.69, 9.17) is 11.6 Å². The van der Waals surface area contributed by atoms with E-state index in [0.29, 0.717) is 0 Å². The Bertz CT molecular complexity index is 549. The highest BCUT2D eigenvalue weighted by Crippen LogP contribution is 2.15. The lowest BCUT2D eigenvalue weighted by molar-refractivity contribution is -0.114. The minimum absolute atomic E-state index is 0.0629. The number of hydrogen-bond acceptors (Lipinski definition) is 2. The second-order valence-electron chi connectivity index (χ2n) is 4.24. The van der Waals surface area contributed by atoms with E-state index >= 15 is 0 Å². The smallest absolute Gasteiger partial charge is 0.221 e. The minimum atomic E-state index is -0.0629. The Balaban J connectivity index is 1.92. The maximum Gasteiger partial charge on any atom is 0.221 e. The van der Waals surface area contributed by atoms with Gasteiger partial charge in [0, 0.05) is 29.9 Å². The maximum atomic E-state index is 10.9. The lowest BCUT2D eigenvalue weighted by Gasteiger charge is -2.08. The minimum Gasteiger partial charge on any atom is -0.381 e. The highest BCUT2D eigenvalue weighted by Gasteiger charge is 1.97. The quantitative estimate of drug-likeness (QED) is 0.887. The first-order chi connectivity index (χ1) is 9.13. The van der Waals surface area contributed by atoms with Gasteiger partial charge in [-0.15, -0.1) is 0 Å². The van der Waals surface area contributed by atoms with Crippen molar-refractivity contribution >= 4 is 28.9 Å². The van der Waals surface area contributed by atoms with Crippen LogP contribution in [0.15, 0.2) is 48.5 Å². The van der Waals surface area contributed by atoms with Crippen molar-refractivity contribution in [3.63, 3.8) is 0 Å². The Morgan fingerprint density at radius 2 is 1.58 bits per heavy atom. The van der Waals surface area contributed by atoms with Gasteiger partial charge in [0.25, 0.3) is 0 Å². The molecule has 1 amide bonds. The highest BCUT2D eigenvalue weighted by atomic mass is 35.5. The van der Waals surface area contributed by atoms with Crippen molar-refractivity contribution in [1.82, 2.24) is 0 Å². The standard InChI is InChI=1S/C15H15ClN2O/c1-11(19)18-15-6-2-12(3-7-15)10-17-14-8-4-13(16)5-9-14/h2-9,17H,10H2,1H3,(H,18,19). The number of nitrogens with one attached hydrogen (secondary N) is 2. The molecule has 0 saturated carbocycles. The van der Waals surface area contributed by atoms with Crippen molar-refractivity contribution in [2.75, 3.05) is 10.6 Å². The summed E-state index contributed by atoms with van der Waals surface area (Å²) in [6.07, 6.45) is 0. The molecule has 2 aromatic rings. The normalized spacial score (nSPS) is 10.0. The lowest BCUT2D eigenvalue weighted by Crippen LogP contribution is -2.06. The van der Waals surface area contributed by atoms with Crippen LogP contribution < -0.4 is 10.6 Å². The van der Waals surface area contributed by atoms with Crippen molar-refractivity contribution in [1.29, 1.82) is 0 Å². The fourth-order valence-corrected chi connectivity index (χ4v) is 1.81. The molecule has 0 atom stereocenters. The summed E-state index contributed by atoms with van der Waals surface area (Å²) >= 11 is 5.83. The van der Waals surface area contributed by atoms with Crippen LogP contribution in [-0.4, -0.2) is 5.91 Å². The van der Waals surface area contributed by atoms with E-state index in [0.717, 1.165) is 28.5 Å². The predicted octanol–water partition coefficient (Wildman–Crippen LogP) is 3.91. The third kappa shape index (κ3) is 4.30. The van der Waals surface area contributed by atoms with Crippen LogP contribution in [0.5, 0.6) is 0 Å². The molecule has 0 bridgehead atoms. The van der Waals surface area contributed by atoms with Gasteiger partial charge in [0.1, 0.15) is 0 Å². The van der Waals surface area contributed by atoms with E-state index in [1.165, 1.54) is 6.92 Å². The number of hydrogen-bond donors (Lipinski definition) is 2. The number of rotatable bonds is 4. The van der Waals surface area contributed by atoms with Gasteiger partial charge < -0.3 is 10.6 Å². The van der Waals surface area contributed by atoms with Crippen LogP contribution in [0, 0.1) is 0 Å². The summed E-state index contributed by atoms with van der Waals surface area (Å²) in [7, 11) is 0. The van der Waals surface area contributed by atoms with Gasteiger partial charge in [-0.25, -0.2) is 0 Å². The predicted molar refractivity (Wildman–Crippen MR) is 79.5 cm³/mol. The average molecular weight is 275 g/mol. The Kier molecular flexibility index (Phi) is 4.42. The van der Waals surface area contributed by atoms with Gasteiger partial charge in [0.05, 0.1) is 0 Å². The first-order valence-corrected chi connectivity index (χ1v) is 6.37. The topological polar surface area (TPSA) is 41.1 Å². The largest absolute Gasteiger partial charge is 0.381 e. The SMILES string of the molecule is CC(=O)Nc1ccc(CNc2ccc(Cl)cc2)cc1. The number of carbonyl (C=O) groups is 1. The lowest BCUT2D eigenvalue weighted by atomic mass is 10.2. The molecule has 0 saturated heterocycles. The first-order valence-electron chi connectivity index (χ1n) is 5.99. The van der Waals surface area contributed by atoms with Gasteiger partial charge in [-0.1, -0.05) is 23.7 Å². The molecule has 4 heteroatoms. The van der Waals surface area contributed by atoms with Crippen LogP contribution in [0.4, 0.5) is 11.4 Å². The summed E-state index contributed by atoms with van der Waals surface area (Å²) in [4.78, 5) is 10.9. The summed E-state index contributed by atoms with van der Waals surface area (Å²) in [6, 6.07) is 15.3. The van der Waals surface area contributed by atoms with Crippen LogP contribution >= 0.6 is 11.6 Å². The van der Waals surface area contributed by atoms with Crippen LogP contribution in [0.3, 0.4) is 0 Å². The summed E-state index contributed by atoms with van der Waals surface area (Å²) in [6.45, 7) is 2.22. The van der Waals surface area contributed by atoms with E-state index in [1.807, 2.05) is 48.5 Å². The van der Waals surface area contributed by atoms with Gasteiger partial charge in [-0.3, -0.25) is 4.79 Å². The maximum absolute atomic E-state index is 10.9. The fourth-order valence-electron chi connectivity index (χ4n) is 1.68. The summed E-state index contributed by atoms with van der Waals surface area (Å²) < 4.78 is 0. The Morgan fingerprint density at radius 3 is 2.16 bits per heavy atom. The van der Waals surface area contributed by atoms with Gasteiger partial charge in [-0.2, -0.15) is 0 Å². The molecule has 0 aliphatic rings. The van der Waals surface area contributed by atoms with Crippen LogP contribution in [0.25, 0.3) is 0 Å². The zero-order valence-corrected chi connectivity index (χ0v) is 11.4. The Labute approximate surface area is 117 Å². The van der Waals surface area contributed by atoms with Crippen molar-refractivity contribution in [3.05, 3.63) is 59.1 Å². The summed E-state index contributed by atoms with van der Waals surface area (Å²) in [5, 5.41) is 6.77. The molecular weight excluding hydrogens is 260 g/mol. The molecule has 0 spiro atoms. The number of benzene rings is 2. The number of carbonyl (C=O) groups excluding carboxylic acids is 1. The number of anilines is 2. The zero-order valence-electron chi connectivity index (χ0n) is 10.6. The van der Waals surface area contributed by atoms with E-state index in [1.54, 1.807) is 0 Å². The summed E-state index contributed by atoms with van der Waals surface area (Å²) in [5.41, 5.74) is 2.97. The Hall–Kier alpha value is -2.00. The van der Waals surface area contributed by atoms with Crippen molar-refractivity contribution in [2.24, 2.45) is 0 Å². The molecule has 19 heavy (non-hydrogen) atoms. The third-order valence-electron chi connectivity index (χ3n) is 2.62. The molecule has 0 heterocycles. The Morgan fingerprint density at radius 1 is 1.00 bits per heavy atom. The molecule has 0 aromatic heterocycles. The number of halogens is 1. The van der Waals surface area contributed by atoms with E-state index in [2.05, 4.69) is 10.6 Å². The van der Waals surface area contributed by atoms with Crippen molar-refractivity contribution in [3.8, 4) is 0 Å². The first kappa shape index (κ1) is 13.4. The molecule has 2 N–H and O–H groups in total.